The third kappa shape index (κ3) is 5.04. The number of halogens is 2. The zero-order chi connectivity index (χ0) is 20.5. The van der Waals surface area contributed by atoms with Gasteiger partial charge < -0.3 is 18.9 Å². The van der Waals surface area contributed by atoms with E-state index in [9.17, 15) is 18.4 Å². The summed E-state index contributed by atoms with van der Waals surface area (Å²) in [5, 5.41) is 0.375. The number of benzene rings is 2. The van der Waals surface area contributed by atoms with Crippen LogP contribution in [0.15, 0.2) is 74.6 Å². The first kappa shape index (κ1) is 20.4. The standard InChI is InChI=1S/C20H14F2O6/c1-3-17(23)26-9-8-25-16-7-5-6-13-14(16)12-15(21)19(22)20(13)28-11-10-27-18(24)4-2/h3-12H,1-2H2/b9-8-,11-10-. The Balaban J connectivity index is 2.31. The molecule has 0 saturated heterocycles. The summed E-state index contributed by atoms with van der Waals surface area (Å²) < 4.78 is 47.7. The van der Waals surface area contributed by atoms with E-state index in [1.54, 1.807) is 0 Å². The van der Waals surface area contributed by atoms with Crippen LogP contribution in [0.5, 0.6) is 11.5 Å². The Hall–Kier alpha value is -3.94. The molecule has 28 heavy (non-hydrogen) atoms. The van der Waals surface area contributed by atoms with E-state index in [1.165, 1.54) is 18.2 Å². The van der Waals surface area contributed by atoms with Crippen LogP contribution in [0.2, 0.25) is 0 Å². The summed E-state index contributed by atoms with van der Waals surface area (Å²) in [4.78, 5) is 21.9. The van der Waals surface area contributed by atoms with E-state index in [1.807, 2.05) is 0 Å². The maximum absolute atomic E-state index is 14.2. The van der Waals surface area contributed by atoms with Crippen LogP contribution in [-0.2, 0) is 19.1 Å². The Labute approximate surface area is 158 Å². The molecule has 2 aromatic rings. The zero-order valence-corrected chi connectivity index (χ0v) is 14.4. The summed E-state index contributed by atoms with van der Waals surface area (Å²) in [5.74, 6) is -4.14. The first-order chi connectivity index (χ1) is 13.5. The lowest BCUT2D eigenvalue weighted by atomic mass is 10.1. The van der Waals surface area contributed by atoms with Crippen molar-refractivity contribution >= 4 is 22.7 Å². The smallest absolute Gasteiger partial charge is 0.335 e. The van der Waals surface area contributed by atoms with E-state index < -0.39 is 29.3 Å². The predicted octanol–water partition coefficient (Wildman–Crippen LogP) is 4.28. The monoisotopic (exact) mass is 388 g/mol. The van der Waals surface area contributed by atoms with Crippen molar-refractivity contribution in [2.24, 2.45) is 0 Å². The summed E-state index contributed by atoms with van der Waals surface area (Å²) >= 11 is 0. The van der Waals surface area contributed by atoms with E-state index in [4.69, 9.17) is 9.47 Å². The van der Waals surface area contributed by atoms with Crippen LogP contribution in [0, 0.1) is 11.6 Å². The Morgan fingerprint density at radius 3 is 2.07 bits per heavy atom. The molecule has 0 heterocycles. The van der Waals surface area contributed by atoms with Crippen molar-refractivity contribution in [3.63, 3.8) is 0 Å². The Morgan fingerprint density at radius 1 is 0.857 bits per heavy atom. The third-order valence-corrected chi connectivity index (χ3v) is 3.18. The summed E-state index contributed by atoms with van der Waals surface area (Å²) in [6.45, 7) is 6.44. The summed E-state index contributed by atoms with van der Waals surface area (Å²) in [5.41, 5.74) is 0. The van der Waals surface area contributed by atoms with Crippen molar-refractivity contribution in [2.75, 3.05) is 0 Å². The fourth-order valence-electron chi connectivity index (χ4n) is 2.01. The van der Waals surface area contributed by atoms with E-state index in [0.29, 0.717) is 0 Å². The van der Waals surface area contributed by atoms with Gasteiger partial charge in [-0.05, 0) is 12.1 Å². The number of carbonyl (C=O) groups is 2. The van der Waals surface area contributed by atoms with Gasteiger partial charge in [-0.1, -0.05) is 25.3 Å². The lowest BCUT2D eigenvalue weighted by Crippen LogP contribution is -1.97. The topological polar surface area (TPSA) is 71.1 Å². The minimum atomic E-state index is -1.24. The van der Waals surface area contributed by atoms with Gasteiger partial charge in [0, 0.05) is 22.9 Å². The molecule has 0 aliphatic carbocycles. The number of carbonyl (C=O) groups excluding carboxylic acids is 2. The molecule has 0 aromatic heterocycles. The Morgan fingerprint density at radius 2 is 1.46 bits per heavy atom. The van der Waals surface area contributed by atoms with Gasteiger partial charge in [0.1, 0.15) is 30.8 Å². The molecule has 8 heteroatoms. The van der Waals surface area contributed by atoms with E-state index in [-0.39, 0.29) is 16.5 Å². The Bertz CT molecular complexity index is 978. The summed E-state index contributed by atoms with van der Waals surface area (Å²) in [6.07, 6.45) is 5.64. The van der Waals surface area contributed by atoms with Gasteiger partial charge in [-0.25, -0.2) is 14.0 Å². The van der Waals surface area contributed by atoms with E-state index >= 15 is 0 Å². The van der Waals surface area contributed by atoms with Gasteiger partial charge in [-0.2, -0.15) is 4.39 Å². The minimum Gasteiger partial charge on any atom is -0.461 e. The van der Waals surface area contributed by atoms with Gasteiger partial charge in [0.2, 0.25) is 5.82 Å². The number of hydrogen-bond donors (Lipinski definition) is 0. The second-order valence-corrected chi connectivity index (χ2v) is 4.91. The number of hydrogen-bond acceptors (Lipinski definition) is 6. The van der Waals surface area contributed by atoms with Crippen molar-refractivity contribution in [1.82, 2.24) is 0 Å². The molecule has 2 rings (SSSR count). The van der Waals surface area contributed by atoms with Gasteiger partial charge in [0.05, 0.1) is 0 Å². The molecule has 0 N–H and O–H groups in total. The Kier molecular flexibility index (Phi) is 7.04. The van der Waals surface area contributed by atoms with Crippen LogP contribution >= 0.6 is 0 Å². The summed E-state index contributed by atoms with van der Waals surface area (Å²) in [6, 6.07) is 5.42. The first-order valence-corrected chi connectivity index (χ1v) is 7.68. The SMILES string of the molecule is C=CC(=O)O/C=C\Oc1cccc2c(O/C=C\OC(=O)C=C)c(F)c(F)cc12. The van der Waals surface area contributed by atoms with Crippen molar-refractivity contribution in [3.05, 3.63) is 86.3 Å². The van der Waals surface area contributed by atoms with Gasteiger partial charge in [-0.3, -0.25) is 0 Å². The molecular weight excluding hydrogens is 374 g/mol. The van der Waals surface area contributed by atoms with Crippen molar-refractivity contribution in [1.29, 1.82) is 0 Å². The van der Waals surface area contributed by atoms with Gasteiger partial charge in [0.15, 0.2) is 11.6 Å². The van der Waals surface area contributed by atoms with Crippen LogP contribution in [0.4, 0.5) is 8.78 Å². The van der Waals surface area contributed by atoms with Crippen molar-refractivity contribution < 1.29 is 37.3 Å². The van der Waals surface area contributed by atoms with Crippen LogP contribution < -0.4 is 9.47 Å². The molecule has 0 aliphatic rings. The van der Waals surface area contributed by atoms with Gasteiger partial charge in [-0.15, -0.1) is 0 Å². The van der Waals surface area contributed by atoms with E-state index in [0.717, 1.165) is 43.3 Å². The van der Waals surface area contributed by atoms with Crippen LogP contribution in [-0.4, -0.2) is 11.9 Å². The highest BCUT2D eigenvalue weighted by Crippen LogP contribution is 2.36. The molecule has 0 fully saturated rings. The molecule has 6 nitrogen and oxygen atoms in total. The van der Waals surface area contributed by atoms with Crippen LogP contribution in [0.3, 0.4) is 0 Å². The van der Waals surface area contributed by atoms with Gasteiger partial charge in [0.25, 0.3) is 0 Å². The number of fused-ring (bicyclic) bond motifs is 1. The maximum Gasteiger partial charge on any atom is 0.335 e. The van der Waals surface area contributed by atoms with E-state index in [2.05, 4.69) is 22.6 Å². The molecule has 0 bridgehead atoms. The molecule has 0 spiro atoms. The third-order valence-electron chi connectivity index (χ3n) is 3.18. The van der Waals surface area contributed by atoms with Crippen LogP contribution in [0.1, 0.15) is 0 Å². The summed E-state index contributed by atoms with van der Waals surface area (Å²) in [7, 11) is 0. The lowest BCUT2D eigenvalue weighted by molar-refractivity contribution is -0.133. The molecule has 0 aliphatic heterocycles. The number of ether oxygens (including phenoxy) is 4. The molecular formula is C20H14F2O6. The zero-order valence-electron chi connectivity index (χ0n) is 14.4. The van der Waals surface area contributed by atoms with Gasteiger partial charge >= 0.3 is 11.9 Å². The minimum absolute atomic E-state index is 0.147. The molecule has 0 radical (unpaired) electrons. The average molecular weight is 388 g/mol. The molecule has 144 valence electrons. The predicted molar refractivity (Wildman–Crippen MR) is 96.0 cm³/mol. The molecule has 2 aromatic carbocycles. The average Bonchev–Trinajstić information content (AvgIpc) is 2.70. The van der Waals surface area contributed by atoms with Crippen molar-refractivity contribution in [3.8, 4) is 11.5 Å². The largest absolute Gasteiger partial charge is 0.461 e. The molecule has 0 amide bonds. The molecule has 0 saturated carbocycles. The first-order valence-electron chi connectivity index (χ1n) is 7.68. The highest BCUT2D eigenvalue weighted by molar-refractivity contribution is 5.93. The normalized spacial score (nSPS) is 10.8. The second-order valence-electron chi connectivity index (χ2n) is 4.91. The number of rotatable bonds is 8. The second kappa shape index (κ2) is 9.67. The fourth-order valence-corrected chi connectivity index (χ4v) is 2.01. The van der Waals surface area contributed by atoms with Crippen molar-refractivity contribution in [2.45, 2.75) is 0 Å². The highest BCUT2D eigenvalue weighted by atomic mass is 19.2. The maximum atomic E-state index is 14.2. The molecule has 0 unspecified atom stereocenters. The van der Waals surface area contributed by atoms with Crippen LogP contribution in [0.25, 0.3) is 10.8 Å². The molecule has 0 atom stereocenters. The number of esters is 2. The quantitative estimate of drug-likeness (QED) is 0.382. The highest BCUT2D eigenvalue weighted by Gasteiger charge is 2.17. The lowest BCUT2D eigenvalue weighted by Gasteiger charge is -2.11. The fraction of sp³-hybridized carbons (Fsp3) is 0.